The highest BCUT2D eigenvalue weighted by molar-refractivity contribution is 5.89. The van der Waals surface area contributed by atoms with Crippen LogP contribution in [0.2, 0.25) is 0 Å². The third-order valence-corrected chi connectivity index (χ3v) is 1.96. The molecule has 0 aliphatic rings. The lowest BCUT2D eigenvalue weighted by molar-refractivity contribution is 0.0505. The van der Waals surface area contributed by atoms with Gasteiger partial charge < -0.3 is 10.5 Å². The Morgan fingerprint density at radius 2 is 2.24 bits per heavy atom. The number of rotatable bonds is 4. The maximum atomic E-state index is 13.4. The summed E-state index contributed by atoms with van der Waals surface area (Å²) in [5.74, 6) is -2.30. The second-order valence-corrected chi connectivity index (χ2v) is 3.08. The van der Waals surface area contributed by atoms with Crippen LogP contribution < -0.4 is 5.73 Å². The Morgan fingerprint density at radius 1 is 1.59 bits per heavy atom. The number of esters is 1. The fraction of sp³-hybridized carbons (Fsp3) is 0.400. The van der Waals surface area contributed by atoms with Crippen molar-refractivity contribution in [3.8, 4) is 0 Å². The molecular formula is C10H11F3N2O2. The van der Waals surface area contributed by atoms with Crippen LogP contribution in [-0.2, 0) is 11.3 Å². The molecule has 1 aromatic rings. The quantitative estimate of drug-likeness (QED) is 0.825. The van der Waals surface area contributed by atoms with E-state index in [1.54, 1.807) is 0 Å². The van der Waals surface area contributed by atoms with Crippen LogP contribution in [0.3, 0.4) is 0 Å². The Morgan fingerprint density at radius 3 is 2.71 bits per heavy atom. The second-order valence-electron chi connectivity index (χ2n) is 3.08. The van der Waals surface area contributed by atoms with Gasteiger partial charge in [0.05, 0.1) is 17.9 Å². The van der Waals surface area contributed by atoms with Crippen LogP contribution in [0.5, 0.6) is 0 Å². The maximum absolute atomic E-state index is 13.4. The number of nitrogens with zero attached hydrogens (tertiary/aromatic N) is 1. The van der Waals surface area contributed by atoms with Crippen LogP contribution in [0.1, 0.15) is 35.1 Å². The number of carbonyl (C=O) groups is 1. The van der Waals surface area contributed by atoms with Gasteiger partial charge in [0.15, 0.2) is 5.69 Å². The van der Waals surface area contributed by atoms with Crippen molar-refractivity contribution >= 4 is 5.97 Å². The molecule has 7 heteroatoms. The van der Waals surface area contributed by atoms with Crippen LogP contribution in [0.25, 0.3) is 0 Å². The van der Waals surface area contributed by atoms with Crippen molar-refractivity contribution < 1.29 is 22.7 Å². The zero-order valence-corrected chi connectivity index (χ0v) is 9.04. The number of pyridine rings is 1. The molecular weight excluding hydrogens is 237 g/mol. The fourth-order valence-electron chi connectivity index (χ4n) is 1.24. The average molecular weight is 248 g/mol. The molecule has 0 aliphatic carbocycles. The lowest BCUT2D eigenvalue weighted by Gasteiger charge is -2.10. The van der Waals surface area contributed by atoms with Crippen LogP contribution in [-0.4, -0.2) is 17.6 Å². The molecule has 0 aromatic carbocycles. The zero-order chi connectivity index (χ0) is 13.0. The largest absolute Gasteiger partial charge is 0.461 e. The summed E-state index contributed by atoms with van der Waals surface area (Å²) in [7, 11) is 0. The van der Waals surface area contributed by atoms with Gasteiger partial charge in [0.25, 0.3) is 6.43 Å². The summed E-state index contributed by atoms with van der Waals surface area (Å²) < 4.78 is 43.1. The second kappa shape index (κ2) is 5.62. The maximum Gasteiger partial charge on any atom is 0.357 e. The molecule has 0 saturated heterocycles. The van der Waals surface area contributed by atoms with Crippen molar-refractivity contribution in [3.05, 3.63) is 28.8 Å². The Balaban J connectivity index is 3.32. The van der Waals surface area contributed by atoms with Gasteiger partial charge in [-0.05, 0) is 13.0 Å². The predicted molar refractivity (Wildman–Crippen MR) is 53.0 cm³/mol. The van der Waals surface area contributed by atoms with E-state index in [1.807, 2.05) is 0 Å². The van der Waals surface area contributed by atoms with Gasteiger partial charge in [-0.2, -0.15) is 0 Å². The van der Waals surface area contributed by atoms with Crippen molar-refractivity contribution in [2.24, 2.45) is 5.73 Å². The molecule has 0 amide bonds. The molecule has 1 rings (SSSR count). The number of ether oxygens (including phenoxy) is 1. The van der Waals surface area contributed by atoms with E-state index in [0.717, 1.165) is 6.07 Å². The molecule has 1 heterocycles. The zero-order valence-electron chi connectivity index (χ0n) is 9.04. The van der Waals surface area contributed by atoms with Crippen molar-refractivity contribution in [3.63, 3.8) is 0 Å². The molecule has 0 fully saturated rings. The molecule has 0 aliphatic heterocycles. The minimum Gasteiger partial charge on any atom is -0.461 e. The SMILES string of the molecule is CCOC(=O)c1nc(CN)cc(F)c1C(F)F. The Kier molecular flexibility index (Phi) is 4.45. The Labute approximate surface area is 95.6 Å². The number of carbonyl (C=O) groups excluding carboxylic acids is 1. The molecule has 17 heavy (non-hydrogen) atoms. The van der Waals surface area contributed by atoms with Gasteiger partial charge in [-0.3, -0.25) is 0 Å². The first-order chi connectivity index (χ1) is 8.01. The number of nitrogens with two attached hydrogens (primary N) is 1. The van der Waals surface area contributed by atoms with E-state index in [0.29, 0.717) is 0 Å². The van der Waals surface area contributed by atoms with E-state index in [9.17, 15) is 18.0 Å². The standard InChI is InChI=1S/C10H11F3N2O2/c1-2-17-10(16)8-7(9(12)13)6(11)3-5(4-14)15-8/h3,9H,2,4,14H2,1H3. The van der Waals surface area contributed by atoms with Gasteiger partial charge >= 0.3 is 5.97 Å². The summed E-state index contributed by atoms with van der Waals surface area (Å²) in [5, 5.41) is 0. The predicted octanol–water partition coefficient (Wildman–Crippen LogP) is 1.79. The van der Waals surface area contributed by atoms with E-state index in [-0.39, 0.29) is 18.8 Å². The molecule has 0 radical (unpaired) electrons. The normalized spacial score (nSPS) is 10.7. The van der Waals surface area contributed by atoms with Gasteiger partial charge in [0, 0.05) is 6.54 Å². The van der Waals surface area contributed by atoms with Crippen LogP contribution >= 0.6 is 0 Å². The summed E-state index contributed by atoms with van der Waals surface area (Å²) in [6, 6.07) is 0.782. The lowest BCUT2D eigenvalue weighted by Crippen LogP contribution is -2.15. The van der Waals surface area contributed by atoms with Crippen LogP contribution in [0, 0.1) is 5.82 Å². The minimum absolute atomic E-state index is 0.00922. The molecule has 1 aromatic heterocycles. The van der Waals surface area contributed by atoms with Gasteiger partial charge in [0.1, 0.15) is 5.82 Å². The highest BCUT2D eigenvalue weighted by Crippen LogP contribution is 2.26. The summed E-state index contributed by atoms with van der Waals surface area (Å²) >= 11 is 0. The number of hydrogen-bond acceptors (Lipinski definition) is 4. The first kappa shape index (κ1) is 13.4. The highest BCUT2D eigenvalue weighted by atomic mass is 19.3. The van der Waals surface area contributed by atoms with Crippen molar-refractivity contribution in [1.29, 1.82) is 0 Å². The first-order valence-corrected chi connectivity index (χ1v) is 4.85. The van der Waals surface area contributed by atoms with Crippen LogP contribution in [0.15, 0.2) is 6.07 Å². The number of alkyl halides is 2. The third kappa shape index (κ3) is 2.94. The molecule has 0 unspecified atom stereocenters. The lowest BCUT2D eigenvalue weighted by atomic mass is 10.1. The minimum atomic E-state index is -3.14. The van der Waals surface area contributed by atoms with Crippen molar-refractivity contribution in [2.45, 2.75) is 19.9 Å². The average Bonchev–Trinajstić information content (AvgIpc) is 2.27. The Bertz CT molecular complexity index is 424. The van der Waals surface area contributed by atoms with Gasteiger partial charge in [-0.1, -0.05) is 0 Å². The smallest absolute Gasteiger partial charge is 0.357 e. The van der Waals surface area contributed by atoms with Crippen LogP contribution in [0.4, 0.5) is 13.2 Å². The van der Waals surface area contributed by atoms with Gasteiger partial charge in [-0.15, -0.1) is 0 Å². The van der Waals surface area contributed by atoms with E-state index in [2.05, 4.69) is 9.72 Å². The molecule has 0 spiro atoms. The van der Waals surface area contributed by atoms with E-state index < -0.39 is 29.5 Å². The number of halogens is 3. The monoisotopic (exact) mass is 248 g/mol. The summed E-state index contributed by atoms with van der Waals surface area (Å²) in [6.07, 6.45) is -3.14. The van der Waals surface area contributed by atoms with E-state index >= 15 is 0 Å². The Hall–Kier alpha value is -1.63. The molecule has 0 bridgehead atoms. The fourth-order valence-corrected chi connectivity index (χ4v) is 1.24. The molecule has 0 saturated carbocycles. The number of hydrogen-bond donors (Lipinski definition) is 1. The summed E-state index contributed by atoms with van der Waals surface area (Å²) in [6.45, 7) is 1.33. The van der Waals surface area contributed by atoms with Gasteiger partial charge in [-0.25, -0.2) is 22.9 Å². The topological polar surface area (TPSA) is 65.2 Å². The van der Waals surface area contributed by atoms with E-state index in [4.69, 9.17) is 5.73 Å². The van der Waals surface area contributed by atoms with E-state index in [1.165, 1.54) is 6.92 Å². The van der Waals surface area contributed by atoms with Gasteiger partial charge in [0.2, 0.25) is 0 Å². The molecule has 94 valence electrons. The van der Waals surface area contributed by atoms with Crippen molar-refractivity contribution in [2.75, 3.05) is 6.61 Å². The summed E-state index contributed by atoms with van der Waals surface area (Å²) in [5.41, 5.74) is 3.45. The number of aromatic nitrogens is 1. The first-order valence-electron chi connectivity index (χ1n) is 4.85. The molecule has 2 N–H and O–H groups in total. The molecule has 0 atom stereocenters. The highest BCUT2D eigenvalue weighted by Gasteiger charge is 2.26. The van der Waals surface area contributed by atoms with Crippen molar-refractivity contribution in [1.82, 2.24) is 4.98 Å². The third-order valence-electron chi connectivity index (χ3n) is 1.96. The molecule has 4 nitrogen and oxygen atoms in total. The summed E-state index contributed by atoms with van der Waals surface area (Å²) in [4.78, 5) is 14.9.